The molecular formula is C25H36O5. The first-order valence-electron chi connectivity index (χ1n) is 10.7. The highest BCUT2D eigenvalue weighted by atomic mass is 16.5. The summed E-state index contributed by atoms with van der Waals surface area (Å²) in [6, 6.07) is 7.77. The third-order valence-corrected chi connectivity index (χ3v) is 4.80. The van der Waals surface area contributed by atoms with Gasteiger partial charge < -0.3 is 20.1 Å². The molecule has 0 unspecified atom stereocenters. The van der Waals surface area contributed by atoms with Crippen molar-refractivity contribution in [3.8, 4) is 0 Å². The minimum atomic E-state index is -0.873. The number of benzene rings is 1. The van der Waals surface area contributed by atoms with Gasteiger partial charge in [-0.3, -0.25) is 4.79 Å². The Morgan fingerprint density at radius 2 is 1.67 bits per heavy atom. The summed E-state index contributed by atoms with van der Waals surface area (Å²) in [6.07, 6.45) is 13.4. The third kappa shape index (κ3) is 11.1. The molecule has 0 aliphatic heterocycles. The molecule has 1 aromatic rings. The molecule has 0 radical (unpaired) electrons. The fraction of sp³-hybridized carbons (Fsp3) is 0.480. The first-order valence-corrected chi connectivity index (χ1v) is 10.7. The lowest BCUT2D eigenvalue weighted by atomic mass is 10.0. The fourth-order valence-corrected chi connectivity index (χ4v) is 2.92. The molecule has 5 nitrogen and oxygen atoms in total. The maximum atomic E-state index is 11.1. The van der Waals surface area contributed by atoms with Crippen LogP contribution in [-0.2, 0) is 9.53 Å². The van der Waals surface area contributed by atoms with Crippen LogP contribution in [-0.4, -0.2) is 46.7 Å². The third-order valence-electron chi connectivity index (χ3n) is 4.80. The molecule has 3 atom stereocenters. The van der Waals surface area contributed by atoms with Crippen LogP contribution < -0.4 is 0 Å². The van der Waals surface area contributed by atoms with E-state index in [9.17, 15) is 20.1 Å². The number of allylic oxidation sites excluding steroid dienone is 2. The van der Waals surface area contributed by atoms with E-state index in [0.29, 0.717) is 25.7 Å². The van der Waals surface area contributed by atoms with Gasteiger partial charge in [0.25, 0.3) is 0 Å². The Balaban J connectivity index is 2.58. The van der Waals surface area contributed by atoms with Crippen molar-refractivity contribution < 1.29 is 24.9 Å². The summed E-state index contributed by atoms with van der Waals surface area (Å²) in [7, 11) is 1.36. The summed E-state index contributed by atoms with van der Waals surface area (Å²) in [5.74, 6) is -0.270. The van der Waals surface area contributed by atoms with E-state index in [1.54, 1.807) is 18.2 Å². The number of aliphatic hydroxyl groups is 3. The van der Waals surface area contributed by atoms with E-state index in [4.69, 9.17) is 0 Å². The Kier molecular flexibility index (Phi) is 13.4. The highest BCUT2D eigenvalue weighted by Crippen LogP contribution is 2.15. The number of aliphatic hydroxyl groups excluding tert-OH is 3. The number of hydrogen-bond donors (Lipinski definition) is 3. The van der Waals surface area contributed by atoms with Crippen molar-refractivity contribution >= 4 is 18.1 Å². The van der Waals surface area contributed by atoms with Gasteiger partial charge in [-0.25, -0.2) is 0 Å². The van der Waals surface area contributed by atoms with Gasteiger partial charge >= 0.3 is 5.97 Å². The molecule has 0 saturated carbocycles. The number of unbranched alkanes of at least 4 members (excludes halogenated alkanes) is 2. The fourth-order valence-electron chi connectivity index (χ4n) is 2.92. The molecule has 0 aliphatic carbocycles. The van der Waals surface area contributed by atoms with E-state index >= 15 is 0 Å². The zero-order chi connectivity index (χ0) is 22.2. The molecule has 0 saturated heterocycles. The summed E-state index contributed by atoms with van der Waals surface area (Å²) < 4.78 is 4.59. The van der Waals surface area contributed by atoms with Crippen molar-refractivity contribution in [1.29, 1.82) is 0 Å². The lowest BCUT2D eigenvalue weighted by Crippen LogP contribution is -2.23. The minimum Gasteiger partial charge on any atom is -0.469 e. The van der Waals surface area contributed by atoms with Gasteiger partial charge in [0.2, 0.25) is 0 Å². The molecule has 0 bridgehead atoms. The van der Waals surface area contributed by atoms with Gasteiger partial charge in [0.1, 0.15) is 0 Å². The second kappa shape index (κ2) is 15.6. The molecule has 0 spiro atoms. The van der Waals surface area contributed by atoms with Crippen molar-refractivity contribution in [3.63, 3.8) is 0 Å². The van der Waals surface area contributed by atoms with Gasteiger partial charge in [-0.1, -0.05) is 86.9 Å². The van der Waals surface area contributed by atoms with E-state index in [1.807, 2.05) is 42.5 Å². The molecule has 3 N–H and O–H groups in total. The van der Waals surface area contributed by atoms with Crippen LogP contribution in [0.25, 0.3) is 12.2 Å². The molecule has 30 heavy (non-hydrogen) atoms. The molecular weight excluding hydrogens is 380 g/mol. The molecule has 0 fully saturated rings. The Morgan fingerprint density at radius 1 is 0.967 bits per heavy atom. The van der Waals surface area contributed by atoms with E-state index < -0.39 is 18.3 Å². The number of esters is 1. The first-order chi connectivity index (χ1) is 14.5. The first kappa shape index (κ1) is 25.8. The van der Waals surface area contributed by atoms with Crippen LogP contribution in [0, 0.1) is 0 Å². The zero-order valence-corrected chi connectivity index (χ0v) is 18.1. The van der Waals surface area contributed by atoms with Crippen molar-refractivity contribution in [1.82, 2.24) is 0 Å². The number of carbonyl (C=O) groups excluding carboxylic acids is 1. The maximum absolute atomic E-state index is 11.1. The van der Waals surface area contributed by atoms with Crippen LogP contribution in [0.3, 0.4) is 0 Å². The van der Waals surface area contributed by atoms with Crippen molar-refractivity contribution in [2.45, 2.75) is 70.2 Å². The second-order valence-corrected chi connectivity index (χ2v) is 7.32. The van der Waals surface area contributed by atoms with E-state index in [-0.39, 0.29) is 5.97 Å². The average Bonchev–Trinajstić information content (AvgIpc) is 2.75. The van der Waals surface area contributed by atoms with Crippen LogP contribution in [0.4, 0.5) is 0 Å². The summed E-state index contributed by atoms with van der Waals surface area (Å²) in [5, 5.41) is 30.0. The van der Waals surface area contributed by atoms with Crippen LogP contribution in [0.15, 0.2) is 48.6 Å². The number of hydrogen-bond acceptors (Lipinski definition) is 5. The lowest BCUT2D eigenvalue weighted by Gasteiger charge is -2.13. The van der Waals surface area contributed by atoms with Gasteiger partial charge in [0, 0.05) is 6.42 Å². The number of rotatable bonds is 14. The highest BCUT2D eigenvalue weighted by molar-refractivity contribution is 5.69. The minimum absolute atomic E-state index is 0.270. The molecule has 0 aliphatic rings. The largest absolute Gasteiger partial charge is 0.469 e. The quantitative estimate of drug-likeness (QED) is 0.239. The molecule has 0 aromatic heterocycles. The number of carbonyl (C=O) groups is 1. The lowest BCUT2D eigenvalue weighted by molar-refractivity contribution is -0.140. The van der Waals surface area contributed by atoms with E-state index in [0.717, 1.165) is 30.4 Å². The molecule has 5 heteroatoms. The Labute approximate surface area is 180 Å². The predicted octanol–water partition coefficient (Wildman–Crippen LogP) is 4.28. The van der Waals surface area contributed by atoms with Crippen LogP contribution >= 0.6 is 0 Å². The summed E-state index contributed by atoms with van der Waals surface area (Å²) in [5.41, 5.74) is 1.92. The summed E-state index contributed by atoms with van der Waals surface area (Å²) in [6.45, 7) is 2.10. The Morgan fingerprint density at radius 3 is 2.33 bits per heavy atom. The van der Waals surface area contributed by atoms with Gasteiger partial charge in [0.15, 0.2) is 0 Å². The number of methoxy groups -OCH3 is 1. The molecule has 0 amide bonds. The summed E-state index contributed by atoms with van der Waals surface area (Å²) >= 11 is 0. The topological polar surface area (TPSA) is 87.0 Å². The van der Waals surface area contributed by atoms with Crippen molar-refractivity contribution in [3.05, 3.63) is 59.7 Å². The van der Waals surface area contributed by atoms with Gasteiger partial charge in [-0.15, -0.1) is 0 Å². The number of ether oxygens (including phenoxy) is 1. The van der Waals surface area contributed by atoms with Crippen LogP contribution in [0.2, 0.25) is 0 Å². The smallest absolute Gasteiger partial charge is 0.305 e. The van der Waals surface area contributed by atoms with E-state index in [1.165, 1.54) is 7.11 Å². The molecule has 1 aromatic carbocycles. The van der Waals surface area contributed by atoms with Crippen LogP contribution in [0.1, 0.15) is 63.0 Å². The van der Waals surface area contributed by atoms with Crippen LogP contribution in [0.5, 0.6) is 0 Å². The van der Waals surface area contributed by atoms with Crippen molar-refractivity contribution in [2.75, 3.05) is 7.11 Å². The monoisotopic (exact) mass is 416 g/mol. The highest BCUT2D eigenvalue weighted by Gasteiger charge is 2.11. The predicted molar refractivity (Wildman–Crippen MR) is 122 cm³/mol. The molecule has 0 heterocycles. The summed E-state index contributed by atoms with van der Waals surface area (Å²) in [4.78, 5) is 11.1. The maximum Gasteiger partial charge on any atom is 0.305 e. The Bertz CT molecular complexity index is 693. The van der Waals surface area contributed by atoms with Gasteiger partial charge in [0.05, 0.1) is 25.4 Å². The second-order valence-electron chi connectivity index (χ2n) is 7.32. The Hall–Kier alpha value is -2.21. The normalized spacial score (nSPS) is 15.1. The molecule has 1 rings (SSSR count). The molecule has 166 valence electrons. The van der Waals surface area contributed by atoms with Gasteiger partial charge in [-0.2, -0.15) is 0 Å². The standard InChI is InChI=1S/C25H36O5/c1-3-4-5-15-23(27)24(28)16-9-8-12-20-11-6-7-13-21(20)18-19-22(26)14-10-17-25(29)30-2/h6-9,11-13,16,18-19,22-24,26-28H,3-5,10,14-15,17H2,1-2H3/b12-8+,16-9+,19-18+/t22-,23-,24+/m0/s1. The van der Waals surface area contributed by atoms with E-state index in [2.05, 4.69) is 11.7 Å². The van der Waals surface area contributed by atoms with Gasteiger partial charge in [-0.05, 0) is 30.4 Å². The SMILES string of the molecule is CCCCC[C@H](O)[C@H](O)/C=C/C=C/c1ccccc1/C=C/[C@@H](O)CCCC(=O)OC. The zero-order valence-electron chi connectivity index (χ0n) is 18.1. The average molecular weight is 417 g/mol. The van der Waals surface area contributed by atoms with Crippen molar-refractivity contribution in [2.24, 2.45) is 0 Å².